The Morgan fingerprint density at radius 1 is 1.32 bits per heavy atom. The zero-order valence-electron chi connectivity index (χ0n) is 13.5. The van der Waals surface area contributed by atoms with Crippen LogP contribution in [0, 0.1) is 0 Å². The molecular formula is C16H17Cl2N5O2. The molecule has 1 atom stereocenters. The number of rotatable bonds is 3. The Bertz CT molecular complexity index is 850. The van der Waals surface area contributed by atoms with Crippen LogP contribution in [0.4, 0.5) is 0 Å². The SMILES string of the molecule is CN1CCNCC1c1noc(-c2ncoc2-c2ccccc2Cl)n1.Cl. The second kappa shape index (κ2) is 7.53. The maximum absolute atomic E-state index is 6.25. The minimum Gasteiger partial charge on any atom is -0.443 e. The quantitative estimate of drug-likeness (QED) is 0.746. The molecule has 3 aromatic rings. The van der Waals surface area contributed by atoms with E-state index >= 15 is 0 Å². The summed E-state index contributed by atoms with van der Waals surface area (Å²) in [5.41, 5.74) is 1.23. The summed E-state index contributed by atoms with van der Waals surface area (Å²) in [6, 6.07) is 7.48. The van der Waals surface area contributed by atoms with Crippen molar-refractivity contribution in [2.45, 2.75) is 6.04 Å². The van der Waals surface area contributed by atoms with Gasteiger partial charge in [-0.3, -0.25) is 4.90 Å². The first-order valence-corrected chi connectivity index (χ1v) is 8.05. The number of hydrogen-bond acceptors (Lipinski definition) is 7. The molecule has 1 N–H and O–H groups in total. The molecule has 9 heteroatoms. The van der Waals surface area contributed by atoms with Crippen LogP contribution in [0.15, 0.2) is 39.6 Å². The summed E-state index contributed by atoms with van der Waals surface area (Å²) in [6.45, 7) is 2.67. The third kappa shape index (κ3) is 3.41. The van der Waals surface area contributed by atoms with Crippen molar-refractivity contribution >= 4 is 24.0 Å². The molecule has 1 aliphatic heterocycles. The Labute approximate surface area is 155 Å². The van der Waals surface area contributed by atoms with Crippen LogP contribution >= 0.6 is 24.0 Å². The minimum atomic E-state index is 0. The van der Waals surface area contributed by atoms with Crippen LogP contribution in [0.5, 0.6) is 0 Å². The Kier molecular flexibility index (Phi) is 5.39. The second-order valence-electron chi connectivity index (χ2n) is 5.67. The Hall–Kier alpha value is -1.93. The van der Waals surface area contributed by atoms with Crippen molar-refractivity contribution in [3.8, 4) is 22.9 Å². The van der Waals surface area contributed by atoms with Gasteiger partial charge in [-0.1, -0.05) is 28.9 Å². The predicted molar refractivity (Wildman–Crippen MR) is 95.7 cm³/mol. The smallest absolute Gasteiger partial charge is 0.280 e. The first-order valence-electron chi connectivity index (χ1n) is 7.67. The van der Waals surface area contributed by atoms with Crippen LogP contribution in [0.2, 0.25) is 5.02 Å². The number of halogens is 2. The highest BCUT2D eigenvalue weighted by Gasteiger charge is 2.27. The zero-order chi connectivity index (χ0) is 16.5. The van der Waals surface area contributed by atoms with Gasteiger partial charge in [0.1, 0.15) is 0 Å². The van der Waals surface area contributed by atoms with Crippen molar-refractivity contribution in [2.24, 2.45) is 0 Å². The van der Waals surface area contributed by atoms with Crippen molar-refractivity contribution in [2.75, 3.05) is 26.7 Å². The molecule has 0 radical (unpaired) electrons. The lowest BCUT2D eigenvalue weighted by molar-refractivity contribution is 0.190. The molecule has 1 aromatic carbocycles. The van der Waals surface area contributed by atoms with E-state index in [1.165, 1.54) is 6.39 Å². The maximum atomic E-state index is 6.25. The summed E-state index contributed by atoms with van der Waals surface area (Å²) in [4.78, 5) is 10.9. The van der Waals surface area contributed by atoms with Gasteiger partial charge < -0.3 is 14.3 Å². The minimum absolute atomic E-state index is 0. The number of likely N-dealkylation sites (N-methyl/N-ethyl adjacent to an activating group) is 1. The van der Waals surface area contributed by atoms with E-state index in [4.69, 9.17) is 20.5 Å². The monoisotopic (exact) mass is 381 g/mol. The molecule has 1 fully saturated rings. The highest BCUT2D eigenvalue weighted by atomic mass is 35.5. The molecule has 1 aliphatic rings. The van der Waals surface area contributed by atoms with Gasteiger partial charge in [0.2, 0.25) is 0 Å². The van der Waals surface area contributed by atoms with E-state index in [9.17, 15) is 0 Å². The fraction of sp³-hybridized carbons (Fsp3) is 0.312. The standard InChI is InChI=1S/C16H16ClN5O2.ClH/c1-22-7-6-18-8-12(22)15-20-16(24-21-15)13-14(23-9-19-13)10-4-2-3-5-11(10)17;/h2-5,9,12,18H,6-8H2,1H3;1H. The molecule has 0 saturated carbocycles. The number of aromatic nitrogens is 3. The van der Waals surface area contributed by atoms with Crippen molar-refractivity contribution in [3.63, 3.8) is 0 Å². The number of nitrogens with one attached hydrogen (secondary N) is 1. The van der Waals surface area contributed by atoms with Crippen LogP contribution < -0.4 is 5.32 Å². The Balaban J connectivity index is 0.00000182. The molecule has 0 amide bonds. The Morgan fingerprint density at radius 2 is 2.16 bits per heavy atom. The van der Waals surface area contributed by atoms with Gasteiger partial charge in [-0.15, -0.1) is 12.4 Å². The molecule has 4 rings (SSSR count). The van der Waals surface area contributed by atoms with E-state index in [0.717, 1.165) is 25.2 Å². The number of hydrogen-bond donors (Lipinski definition) is 1. The van der Waals surface area contributed by atoms with Gasteiger partial charge in [0, 0.05) is 25.2 Å². The predicted octanol–water partition coefficient (Wildman–Crippen LogP) is 3.04. The van der Waals surface area contributed by atoms with E-state index in [0.29, 0.717) is 28.2 Å². The van der Waals surface area contributed by atoms with E-state index < -0.39 is 0 Å². The number of oxazole rings is 1. The average molecular weight is 382 g/mol. The normalized spacial score (nSPS) is 18.1. The van der Waals surface area contributed by atoms with Gasteiger partial charge in [-0.05, 0) is 19.2 Å². The lowest BCUT2D eigenvalue weighted by Gasteiger charge is -2.30. The van der Waals surface area contributed by atoms with Crippen molar-refractivity contribution in [1.82, 2.24) is 25.3 Å². The molecule has 1 unspecified atom stereocenters. The van der Waals surface area contributed by atoms with E-state index in [1.807, 2.05) is 25.2 Å². The van der Waals surface area contributed by atoms with E-state index in [-0.39, 0.29) is 18.4 Å². The summed E-state index contributed by atoms with van der Waals surface area (Å²) in [7, 11) is 2.05. The van der Waals surface area contributed by atoms with Crippen LogP contribution in [0.1, 0.15) is 11.9 Å². The third-order valence-corrected chi connectivity index (χ3v) is 4.47. The molecule has 1 saturated heterocycles. The fourth-order valence-corrected chi connectivity index (χ4v) is 3.02. The fourth-order valence-electron chi connectivity index (χ4n) is 2.80. The molecule has 0 spiro atoms. The molecule has 3 heterocycles. The molecular weight excluding hydrogens is 365 g/mol. The molecule has 7 nitrogen and oxygen atoms in total. The van der Waals surface area contributed by atoms with Crippen LogP contribution in [-0.4, -0.2) is 46.7 Å². The van der Waals surface area contributed by atoms with Crippen molar-refractivity contribution in [3.05, 3.63) is 41.5 Å². The first-order chi connectivity index (χ1) is 11.7. The van der Waals surface area contributed by atoms with Crippen molar-refractivity contribution < 1.29 is 8.94 Å². The van der Waals surface area contributed by atoms with Crippen LogP contribution in [0.3, 0.4) is 0 Å². The second-order valence-corrected chi connectivity index (χ2v) is 6.08. The lowest BCUT2D eigenvalue weighted by atomic mass is 10.1. The largest absolute Gasteiger partial charge is 0.443 e. The van der Waals surface area contributed by atoms with Gasteiger partial charge in [0.05, 0.1) is 11.1 Å². The summed E-state index contributed by atoms with van der Waals surface area (Å²) in [5, 5.41) is 8.03. The van der Waals surface area contributed by atoms with Crippen molar-refractivity contribution in [1.29, 1.82) is 0 Å². The number of benzene rings is 1. The molecule has 0 aliphatic carbocycles. The molecule has 25 heavy (non-hydrogen) atoms. The molecule has 2 aromatic heterocycles. The van der Waals surface area contributed by atoms with E-state index in [1.54, 1.807) is 6.07 Å². The van der Waals surface area contributed by atoms with Gasteiger partial charge >= 0.3 is 0 Å². The zero-order valence-corrected chi connectivity index (χ0v) is 15.0. The van der Waals surface area contributed by atoms with Gasteiger partial charge in [0.15, 0.2) is 23.7 Å². The topological polar surface area (TPSA) is 80.2 Å². The number of piperazine rings is 1. The van der Waals surface area contributed by atoms with Gasteiger partial charge in [-0.2, -0.15) is 4.98 Å². The molecule has 132 valence electrons. The van der Waals surface area contributed by atoms with E-state index in [2.05, 4.69) is 25.3 Å². The first kappa shape index (κ1) is 17.9. The van der Waals surface area contributed by atoms with Crippen LogP contribution in [0.25, 0.3) is 22.9 Å². The Morgan fingerprint density at radius 3 is 2.96 bits per heavy atom. The highest BCUT2D eigenvalue weighted by molar-refractivity contribution is 6.33. The van der Waals surface area contributed by atoms with Gasteiger partial charge in [0.25, 0.3) is 5.89 Å². The van der Waals surface area contributed by atoms with Crippen LogP contribution in [-0.2, 0) is 0 Å². The molecule has 0 bridgehead atoms. The summed E-state index contributed by atoms with van der Waals surface area (Å²) in [6.07, 6.45) is 1.35. The summed E-state index contributed by atoms with van der Waals surface area (Å²) < 4.78 is 10.9. The maximum Gasteiger partial charge on any atom is 0.280 e. The highest BCUT2D eigenvalue weighted by Crippen LogP contribution is 2.34. The summed E-state index contributed by atoms with van der Waals surface area (Å²) in [5.74, 6) is 1.48. The number of nitrogens with zero attached hydrogens (tertiary/aromatic N) is 4. The lowest BCUT2D eigenvalue weighted by Crippen LogP contribution is -2.44. The average Bonchev–Trinajstić information content (AvgIpc) is 3.24. The third-order valence-electron chi connectivity index (χ3n) is 4.14. The summed E-state index contributed by atoms with van der Waals surface area (Å²) >= 11 is 6.25. The van der Waals surface area contributed by atoms with Gasteiger partial charge in [-0.25, -0.2) is 4.98 Å².